The lowest BCUT2D eigenvalue weighted by Crippen LogP contribution is -2.21. The van der Waals surface area contributed by atoms with Crippen LogP contribution in [0, 0.1) is 5.41 Å². The molecule has 0 aliphatic heterocycles. The van der Waals surface area contributed by atoms with Gasteiger partial charge >= 0.3 is 5.97 Å². The molecule has 2 rings (SSSR count). The van der Waals surface area contributed by atoms with Gasteiger partial charge in [-0.1, -0.05) is 37.6 Å². The molecule has 1 aromatic rings. The lowest BCUT2D eigenvalue weighted by atomic mass is 9.71. The summed E-state index contributed by atoms with van der Waals surface area (Å²) in [6.07, 6.45) is 4.57. The van der Waals surface area contributed by atoms with Crippen molar-refractivity contribution in [2.75, 3.05) is 6.61 Å². The molecule has 1 aliphatic carbocycles. The summed E-state index contributed by atoms with van der Waals surface area (Å²) >= 11 is 6.36. The summed E-state index contributed by atoms with van der Waals surface area (Å²) in [4.78, 5) is 23.4. The van der Waals surface area contributed by atoms with E-state index in [1.54, 1.807) is 19.1 Å². The smallest absolute Gasteiger partial charge is 0.379 e. The first-order valence-electron chi connectivity index (χ1n) is 7.85. The van der Waals surface area contributed by atoms with Gasteiger partial charge in [0.25, 0.3) is 5.78 Å². The molecular formula is C18H23ClO3. The van der Waals surface area contributed by atoms with E-state index in [0.717, 1.165) is 18.4 Å². The number of ketones is 1. The van der Waals surface area contributed by atoms with Crippen LogP contribution in [0.5, 0.6) is 0 Å². The van der Waals surface area contributed by atoms with E-state index < -0.39 is 11.8 Å². The van der Waals surface area contributed by atoms with Gasteiger partial charge in [0.2, 0.25) is 0 Å². The maximum atomic E-state index is 11.9. The average Bonchev–Trinajstić information content (AvgIpc) is 2.47. The molecule has 0 amide bonds. The molecule has 22 heavy (non-hydrogen) atoms. The molecule has 1 aromatic carbocycles. The van der Waals surface area contributed by atoms with Crippen molar-refractivity contribution >= 4 is 23.4 Å². The van der Waals surface area contributed by atoms with E-state index in [4.69, 9.17) is 16.3 Å². The van der Waals surface area contributed by atoms with Crippen molar-refractivity contribution in [3.05, 3.63) is 34.3 Å². The molecule has 0 aromatic heterocycles. The number of benzene rings is 1. The van der Waals surface area contributed by atoms with E-state index in [0.29, 0.717) is 21.9 Å². The Balaban J connectivity index is 2.13. The Morgan fingerprint density at radius 2 is 1.91 bits per heavy atom. The van der Waals surface area contributed by atoms with Gasteiger partial charge in [0.15, 0.2) is 0 Å². The highest BCUT2D eigenvalue weighted by Gasteiger charge is 2.29. The number of halogens is 1. The maximum absolute atomic E-state index is 11.9. The Labute approximate surface area is 137 Å². The van der Waals surface area contributed by atoms with Gasteiger partial charge in [0.1, 0.15) is 0 Å². The van der Waals surface area contributed by atoms with Crippen molar-refractivity contribution in [2.45, 2.75) is 52.4 Å². The number of carbonyl (C=O) groups excluding carboxylic acids is 2. The standard InChI is InChI=1S/C18H23ClO3/c1-4-22-17(21)16(20)13-5-6-14(15(19)11-13)12-7-9-18(2,3)10-8-12/h5-6,11-12H,4,7-10H2,1-3H3. The van der Waals surface area contributed by atoms with Gasteiger partial charge in [-0.25, -0.2) is 4.79 Å². The van der Waals surface area contributed by atoms with Crippen molar-refractivity contribution < 1.29 is 14.3 Å². The summed E-state index contributed by atoms with van der Waals surface area (Å²) in [6.45, 7) is 6.46. The first-order chi connectivity index (χ1) is 10.3. The molecule has 3 nitrogen and oxygen atoms in total. The van der Waals surface area contributed by atoms with Gasteiger partial charge < -0.3 is 4.74 Å². The maximum Gasteiger partial charge on any atom is 0.379 e. The Morgan fingerprint density at radius 3 is 2.45 bits per heavy atom. The Kier molecular flexibility index (Phi) is 5.28. The van der Waals surface area contributed by atoms with Crippen LogP contribution in [-0.4, -0.2) is 18.4 Å². The van der Waals surface area contributed by atoms with Gasteiger partial charge in [-0.05, 0) is 55.6 Å². The summed E-state index contributed by atoms with van der Waals surface area (Å²) in [7, 11) is 0. The molecule has 4 heteroatoms. The SMILES string of the molecule is CCOC(=O)C(=O)c1ccc(C2CCC(C)(C)CC2)c(Cl)c1. The fourth-order valence-corrected chi connectivity index (χ4v) is 3.36. The first-order valence-corrected chi connectivity index (χ1v) is 8.23. The summed E-state index contributed by atoms with van der Waals surface area (Å²) in [5.41, 5.74) is 1.78. The third-order valence-electron chi connectivity index (χ3n) is 4.50. The van der Waals surface area contributed by atoms with E-state index in [1.807, 2.05) is 6.07 Å². The zero-order chi connectivity index (χ0) is 16.3. The van der Waals surface area contributed by atoms with Crippen LogP contribution in [0.4, 0.5) is 0 Å². The van der Waals surface area contributed by atoms with Crippen molar-refractivity contribution in [1.82, 2.24) is 0 Å². The second-order valence-electron chi connectivity index (χ2n) is 6.72. The summed E-state index contributed by atoms with van der Waals surface area (Å²) in [5.74, 6) is -1.03. The Bertz CT molecular complexity index is 568. The Morgan fingerprint density at radius 1 is 1.27 bits per heavy atom. The van der Waals surface area contributed by atoms with E-state index in [2.05, 4.69) is 13.8 Å². The molecule has 1 fully saturated rings. The minimum atomic E-state index is -0.828. The third-order valence-corrected chi connectivity index (χ3v) is 4.83. The van der Waals surface area contributed by atoms with Gasteiger partial charge in [-0.15, -0.1) is 0 Å². The zero-order valence-electron chi connectivity index (χ0n) is 13.4. The van der Waals surface area contributed by atoms with Crippen LogP contribution in [-0.2, 0) is 9.53 Å². The molecule has 0 unspecified atom stereocenters. The van der Waals surface area contributed by atoms with E-state index in [1.165, 1.54) is 12.8 Å². The minimum absolute atomic E-state index is 0.189. The van der Waals surface area contributed by atoms with Crippen LogP contribution in [0.2, 0.25) is 5.02 Å². The molecule has 0 N–H and O–H groups in total. The highest BCUT2D eigenvalue weighted by molar-refractivity contribution is 6.41. The monoisotopic (exact) mass is 322 g/mol. The summed E-state index contributed by atoms with van der Waals surface area (Å²) < 4.78 is 4.74. The topological polar surface area (TPSA) is 43.4 Å². The van der Waals surface area contributed by atoms with Crippen LogP contribution in [0.3, 0.4) is 0 Å². The Hall–Kier alpha value is -1.35. The largest absolute Gasteiger partial charge is 0.460 e. The quantitative estimate of drug-likeness (QED) is 0.455. The fraction of sp³-hybridized carbons (Fsp3) is 0.556. The van der Waals surface area contributed by atoms with E-state index in [9.17, 15) is 9.59 Å². The van der Waals surface area contributed by atoms with Crippen molar-refractivity contribution in [3.63, 3.8) is 0 Å². The van der Waals surface area contributed by atoms with Gasteiger partial charge in [0.05, 0.1) is 6.61 Å². The van der Waals surface area contributed by atoms with Crippen LogP contribution in [0.1, 0.15) is 68.3 Å². The number of Topliss-reactive ketones (excluding diaryl/α,β-unsaturated/α-hetero) is 1. The van der Waals surface area contributed by atoms with Crippen LogP contribution < -0.4 is 0 Å². The normalized spacial score (nSPS) is 18.0. The number of carbonyl (C=O) groups is 2. The molecule has 0 radical (unpaired) electrons. The number of ether oxygens (including phenoxy) is 1. The van der Waals surface area contributed by atoms with Crippen LogP contribution in [0.25, 0.3) is 0 Å². The predicted molar refractivity (Wildman–Crippen MR) is 87.4 cm³/mol. The number of hydrogen-bond acceptors (Lipinski definition) is 3. The van der Waals surface area contributed by atoms with E-state index in [-0.39, 0.29) is 6.61 Å². The molecule has 0 saturated heterocycles. The fourth-order valence-electron chi connectivity index (χ4n) is 3.02. The molecule has 0 heterocycles. The minimum Gasteiger partial charge on any atom is -0.460 e. The molecular weight excluding hydrogens is 300 g/mol. The van der Waals surface area contributed by atoms with Crippen LogP contribution >= 0.6 is 11.6 Å². The van der Waals surface area contributed by atoms with Gasteiger partial charge in [-0.3, -0.25) is 4.79 Å². The van der Waals surface area contributed by atoms with Crippen molar-refractivity contribution in [2.24, 2.45) is 5.41 Å². The van der Waals surface area contributed by atoms with Crippen LogP contribution in [0.15, 0.2) is 18.2 Å². The van der Waals surface area contributed by atoms with E-state index >= 15 is 0 Å². The summed E-state index contributed by atoms with van der Waals surface area (Å²) in [5, 5.41) is 0.569. The molecule has 120 valence electrons. The molecule has 0 bridgehead atoms. The molecule has 0 spiro atoms. The lowest BCUT2D eigenvalue weighted by Gasteiger charge is -2.34. The molecule has 1 aliphatic rings. The third kappa shape index (κ3) is 3.89. The van der Waals surface area contributed by atoms with Gasteiger partial charge in [0, 0.05) is 10.6 Å². The van der Waals surface area contributed by atoms with Crippen molar-refractivity contribution in [3.8, 4) is 0 Å². The number of rotatable bonds is 4. The number of hydrogen-bond donors (Lipinski definition) is 0. The highest BCUT2D eigenvalue weighted by atomic mass is 35.5. The molecule has 0 atom stereocenters. The van der Waals surface area contributed by atoms with Crippen molar-refractivity contribution in [1.29, 1.82) is 0 Å². The number of esters is 1. The highest BCUT2D eigenvalue weighted by Crippen LogP contribution is 2.44. The lowest BCUT2D eigenvalue weighted by molar-refractivity contribution is -0.137. The zero-order valence-corrected chi connectivity index (χ0v) is 14.2. The second-order valence-corrected chi connectivity index (χ2v) is 7.13. The summed E-state index contributed by atoms with van der Waals surface area (Å²) in [6, 6.07) is 5.16. The average molecular weight is 323 g/mol. The second kappa shape index (κ2) is 6.82. The molecule has 1 saturated carbocycles. The predicted octanol–water partition coefficient (Wildman–Crippen LogP) is 4.77. The van der Waals surface area contributed by atoms with Gasteiger partial charge in [-0.2, -0.15) is 0 Å². The first kappa shape index (κ1) is 17.0.